The Morgan fingerprint density at radius 1 is 1.25 bits per heavy atom. The van der Waals surface area contributed by atoms with Gasteiger partial charge >= 0.3 is 12.0 Å². The molecule has 2 aromatic rings. The molecule has 0 aromatic carbocycles. The monoisotopic (exact) mass is 294 g/mol. The van der Waals surface area contributed by atoms with Crippen molar-refractivity contribution in [1.29, 1.82) is 0 Å². The van der Waals surface area contributed by atoms with Gasteiger partial charge in [-0.3, -0.25) is 4.79 Å². The zero-order valence-corrected chi connectivity index (χ0v) is 11.6. The first-order valence-corrected chi connectivity index (χ1v) is 6.42. The summed E-state index contributed by atoms with van der Waals surface area (Å²) in [4.78, 5) is 26.1. The number of halogens is 1. The van der Waals surface area contributed by atoms with Crippen LogP contribution in [0.1, 0.15) is 13.8 Å². The summed E-state index contributed by atoms with van der Waals surface area (Å²) in [6.07, 6.45) is 4.63. The van der Waals surface area contributed by atoms with Crippen molar-refractivity contribution in [1.82, 2.24) is 19.9 Å². The number of carbonyl (C=O) groups is 1. The fourth-order valence-electron chi connectivity index (χ4n) is 1.33. The van der Waals surface area contributed by atoms with Gasteiger partial charge < -0.3 is 5.11 Å². The highest BCUT2D eigenvalue weighted by molar-refractivity contribution is 8.01. The number of hydrogen-bond donors (Lipinski definition) is 1. The van der Waals surface area contributed by atoms with Crippen LogP contribution in [-0.2, 0) is 4.79 Å². The van der Waals surface area contributed by atoms with E-state index in [2.05, 4.69) is 19.9 Å². The van der Waals surface area contributed by atoms with E-state index in [1.54, 1.807) is 13.8 Å². The minimum Gasteiger partial charge on any atom is -0.480 e. The molecule has 0 unspecified atom stereocenters. The van der Waals surface area contributed by atoms with Crippen LogP contribution in [0, 0.1) is 6.08 Å². The van der Waals surface area contributed by atoms with Gasteiger partial charge in [0.1, 0.15) is 16.1 Å². The summed E-state index contributed by atoms with van der Waals surface area (Å²) in [7, 11) is 0. The molecule has 0 saturated carbocycles. The number of carboxylic acids is 1. The van der Waals surface area contributed by atoms with E-state index in [9.17, 15) is 9.18 Å². The van der Waals surface area contributed by atoms with Crippen molar-refractivity contribution in [2.24, 2.45) is 0 Å². The summed E-state index contributed by atoms with van der Waals surface area (Å²) in [5, 5.41) is 9.64. The minimum absolute atomic E-state index is 0.475. The fourth-order valence-corrected chi connectivity index (χ4v) is 2.29. The molecule has 2 heterocycles. The number of nitrogens with zero attached hydrogens (tertiary/aromatic N) is 4. The lowest BCUT2D eigenvalue weighted by molar-refractivity contribution is -0.138. The molecule has 104 valence electrons. The van der Waals surface area contributed by atoms with Gasteiger partial charge in [0.05, 0.1) is 0 Å². The van der Waals surface area contributed by atoms with Crippen molar-refractivity contribution < 1.29 is 14.3 Å². The van der Waals surface area contributed by atoms with Gasteiger partial charge in [0, 0.05) is 29.7 Å². The third kappa shape index (κ3) is 3.08. The van der Waals surface area contributed by atoms with Crippen molar-refractivity contribution >= 4 is 17.7 Å². The topological polar surface area (TPSA) is 88.9 Å². The molecular weight excluding hydrogens is 283 g/mol. The predicted molar refractivity (Wildman–Crippen MR) is 70.6 cm³/mol. The third-order valence-electron chi connectivity index (χ3n) is 2.47. The van der Waals surface area contributed by atoms with E-state index in [1.807, 2.05) is 0 Å². The second-order valence-electron chi connectivity index (χ2n) is 4.40. The van der Waals surface area contributed by atoms with Crippen molar-refractivity contribution in [3.8, 4) is 11.1 Å². The molecule has 2 aromatic heterocycles. The molecule has 0 radical (unpaired) electrons. The van der Waals surface area contributed by atoms with E-state index in [4.69, 9.17) is 5.11 Å². The average molecular weight is 294 g/mol. The molecule has 0 aliphatic carbocycles. The van der Waals surface area contributed by atoms with Crippen LogP contribution in [0.15, 0.2) is 29.9 Å². The van der Waals surface area contributed by atoms with E-state index in [0.29, 0.717) is 16.2 Å². The lowest BCUT2D eigenvalue weighted by Crippen LogP contribution is -2.27. The smallest absolute Gasteiger partial charge is 0.319 e. The van der Waals surface area contributed by atoms with Gasteiger partial charge in [-0.1, -0.05) is 11.8 Å². The number of aromatic nitrogens is 4. The third-order valence-corrected chi connectivity index (χ3v) is 3.68. The lowest BCUT2D eigenvalue weighted by Gasteiger charge is -2.19. The summed E-state index contributed by atoms with van der Waals surface area (Å²) in [5.41, 5.74) is 1.09. The Kier molecular flexibility index (Phi) is 3.93. The quantitative estimate of drug-likeness (QED) is 0.524. The molecule has 0 bridgehead atoms. The predicted octanol–water partition coefficient (Wildman–Crippen LogP) is 2.03. The highest BCUT2D eigenvalue weighted by Gasteiger charge is 2.30. The van der Waals surface area contributed by atoms with Gasteiger partial charge in [-0.05, 0) is 13.8 Å². The standard InChI is InChI=1S/C12H11FN4O2S/c1-12(2,10(18)19)20-9-8(5-14-6-17-9)7-3-15-11(13)16-4-7/h3-6H,1-2H3,(H,18,19). The first kappa shape index (κ1) is 14.3. The number of carboxylic acid groups (broad SMARTS) is 1. The average Bonchev–Trinajstić information content (AvgIpc) is 2.40. The van der Waals surface area contributed by atoms with Crippen molar-refractivity contribution in [2.75, 3.05) is 0 Å². The second kappa shape index (κ2) is 5.49. The molecule has 8 heteroatoms. The Labute approximate surface area is 118 Å². The zero-order valence-electron chi connectivity index (χ0n) is 10.7. The number of thioether (sulfide) groups is 1. The molecule has 20 heavy (non-hydrogen) atoms. The highest BCUT2D eigenvalue weighted by atomic mass is 32.2. The molecule has 0 amide bonds. The number of rotatable bonds is 4. The molecule has 0 atom stereocenters. The van der Waals surface area contributed by atoms with Crippen LogP contribution in [0.4, 0.5) is 4.39 Å². The zero-order chi connectivity index (χ0) is 14.8. The lowest BCUT2D eigenvalue weighted by atomic mass is 10.2. The van der Waals surface area contributed by atoms with E-state index >= 15 is 0 Å². The molecule has 0 spiro atoms. The molecule has 0 fully saturated rings. The minimum atomic E-state index is -1.05. The molecule has 6 nitrogen and oxygen atoms in total. The summed E-state index contributed by atoms with van der Waals surface area (Å²) in [5.74, 6) is -0.956. The van der Waals surface area contributed by atoms with Gasteiger partial charge in [0.2, 0.25) is 0 Å². The maximum atomic E-state index is 12.7. The Morgan fingerprint density at radius 3 is 2.50 bits per heavy atom. The molecule has 0 saturated heterocycles. The maximum absolute atomic E-state index is 12.7. The normalized spacial score (nSPS) is 11.3. The molecule has 1 N–H and O–H groups in total. The summed E-state index contributed by atoms with van der Waals surface area (Å²) >= 11 is 1.08. The number of aliphatic carboxylic acids is 1. The maximum Gasteiger partial charge on any atom is 0.319 e. The summed E-state index contributed by atoms with van der Waals surface area (Å²) < 4.78 is 11.7. The Hall–Kier alpha value is -2.09. The first-order chi connectivity index (χ1) is 9.40. The fraction of sp³-hybridized carbons (Fsp3) is 0.250. The van der Waals surface area contributed by atoms with Crippen LogP contribution in [0.3, 0.4) is 0 Å². The number of hydrogen-bond acceptors (Lipinski definition) is 6. The van der Waals surface area contributed by atoms with Crippen LogP contribution in [0.2, 0.25) is 0 Å². The molecule has 0 aliphatic heterocycles. The van der Waals surface area contributed by atoms with Gasteiger partial charge in [-0.2, -0.15) is 4.39 Å². The van der Waals surface area contributed by atoms with Gasteiger partial charge in [-0.15, -0.1) is 0 Å². The van der Waals surface area contributed by atoms with Crippen LogP contribution >= 0.6 is 11.8 Å². The van der Waals surface area contributed by atoms with E-state index in [-0.39, 0.29) is 0 Å². The van der Waals surface area contributed by atoms with Crippen LogP contribution < -0.4 is 0 Å². The van der Waals surface area contributed by atoms with Gasteiger partial charge in [-0.25, -0.2) is 19.9 Å². The van der Waals surface area contributed by atoms with Gasteiger partial charge in [0.15, 0.2) is 0 Å². The molecule has 0 aliphatic rings. The largest absolute Gasteiger partial charge is 0.480 e. The molecule has 2 rings (SSSR count). The van der Waals surface area contributed by atoms with Crippen molar-refractivity contribution in [2.45, 2.75) is 23.6 Å². The Bertz CT molecular complexity index is 634. The SMILES string of the molecule is CC(C)(Sc1ncncc1-c1cnc(F)nc1)C(=O)O. The van der Waals surface area contributed by atoms with E-state index in [1.165, 1.54) is 24.9 Å². The summed E-state index contributed by atoms with van der Waals surface area (Å²) in [6.45, 7) is 3.15. The first-order valence-electron chi connectivity index (χ1n) is 5.60. The Morgan fingerprint density at radius 2 is 1.90 bits per heavy atom. The van der Waals surface area contributed by atoms with E-state index < -0.39 is 16.8 Å². The van der Waals surface area contributed by atoms with Crippen LogP contribution in [-0.4, -0.2) is 35.8 Å². The highest BCUT2D eigenvalue weighted by Crippen LogP contribution is 2.36. The van der Waals surface area contributed by atoms with E-state index in [0.717, 1.165) is 11.8 Å². The van der Waals surface area contributed by atoms with Crippen molar-refractivity contribution in [3.63, 3.8) is 0 Å². The summed E-state index contributed by atoms with van der Waals surface area (Å²) in [6, 6.07) is 0. The Balaban J connectivity index is 2.41. The van der Waals surface area contributed by atoms with Crippen LogP contribution in [0.5, 0.6) is 0 Å². The van der Waals surface area contributed by atoms with Crippen LogP contribution in [0.25, 0.3) is 11.1 Å². The van der Waals surface area contributed by atoms with Crippen molar-refractivity contribution in [3.05, 3.63) is 31.0 Å². The second-order valence-corrected chi connectivity index (χ2v) is 6.01. The van der Waals surface area contributed by atoms with Gasteiger partial charge in [0.25, 0.3) is 0 Å². The molecular formula is C12H11FN4O2S.